The van der Waals surface area contributed by atoms with Crippen molar-refractivity contribution in [1.82, 2.24) is 0 Å². The zero-order valence-corrected chi connectivity index (χ0v) is 11.2. The standard InChI is InChI=1S/C11H21NO4P/c1-15-11(13)8-17(14)16-10(12)7-9-5-3-2-4-6-9/h9-10H,2-8,12H2,1H3/q+1. The molecule has 0 aromatic rings. The zero-order chi connectivity index (χ0) is 12.7. The molecule has 0 heterocycles. The summed E-state index contributed by atoms with van der Waals surface area (Å²) in [5, 5.41) is 0. The van der Waals surface area contributed by atoms with Gasteiger partial charge in [0.25, 0.3) is 6.16 Å². The Labute approximate surface area is 103 Å². The van der Waals surface area contributed by atoms with Crippen molar-refractivity contribution >= 4 is 14.0 Å². The third kappa shape index (κ3) is 6.10. The maximum atomic E-state index is 11.4. The highest BCUT2D eigenvalue weighted by atomic mass is 31.1. The van der Waals surface area contributed by atoms with Crippen molar-refractivity contribution in [2.45, 2.75) is 44.8 Å². The van der Waals surface area contributed by atoms with Gasteiger partial charge in [0.05, 0.1) is 7.11 Å². The van der Waals surface area contributed by atoms with Crippen molar-refractivity contribution in [2.75, 3.05) is 13.3 Å². The van der Waals surface area contributed by atoms with E-state index < -0.39 is 20.2 Å². The minimum atomic E-state index is -2.04. The van der Waals surface area contributed by atoms with E-state index in [0.29, 0.717) is 5.92 Å². The molecule has 5 nitrogen and oxygen atoms in total. The number of hydrogen-bond acceptors (Lipinski definition) is 5. The number of ether oxygens (including phenoxy) is 1. The molecule has 1 saturated carbocycles. The quantitative estimate of drug-likeness (QED) is 0.451. The lowest BCUT2D eigenvalue weighted by molar-refractivity contribution is -0.137. The Kier molecular flexibility index (Phi) is 6.63. The largest absolute Gasteiger partial charge is 0.521 e. The first-order valence-electron chi connectivity index (χ1n) is 6.05. The molecule has 0 aromatic heterocycles. The molecule has 1 aliphatic rings. The number of esters is 1. The smallest absolute Gasteiger partial charge is 0.466 e. The van der Waals surface area contributed by atoms with Gasteiger partial charge in [0.1, 0.15) is 0 Å². The molecule has 2 unspecified atom stereocenters. The van der Waals surface area contributed by atoms with E-state index in [2.05, 4.69) is 4.74 Å². The first-order valence-corrected chi connectivity index (χ1v) is 7.42. The molecule has 1 rings (SSSR count). The highest BCUT2D eigenvalue weighted by molar-refractivity contribution is 7.40. The number of hydrogen-bond donors (Lipinski definition) is 1. The Morgan fingerprint density at radius 2 is 2.06 bits per heavy atom. The summed E-state index contributed by atoms with van der Waals surface area (Å²) in [6.07, 6.45) is 6.09. The van der Waals surface area contributed by atoms with Crippen LogP contribution in [0.25, 0.3) is 0 Å². The fraction of sp³-hybridized carbons (Fsp3) is 0.909. The number of carbonyl (C=O) groups is 1. The van der Waals surface area contributed by atoms with Gasteiger partial charge in [-0.2, -0.15) is 0 Å². The Balaban J connectivity index is 2.21. The molecule has 0 amide bonds. The number of rotatable bonds is 6. The minimum absolute atomic E-state index is 0.218. The van der Waals surface area contributed by atoms with E-state index >= 15 is 0 Å². The summed E-state index contributed by atoms with van der Waals surface area (Å²) in [5.74, 6) is 0.0382. The van der Waals surface area contributed by atoms with Crippen LogP contribution in [0.15, 0.2) is 0 Å². The van der Waals surface area contributed by atoms with E-state index in [4.69, 9.17) is 10.3 Å². The second-order valence-corrected chi connectivity index (χ2v) is 5.64. The monoisotopic (exact) mass is 262 g/mol. The highest BCUT2D eigenvalue weighted by Crippen LogP contribution is 2.30. The van der Waals surface area contributed by atoms with Crippen LogP contribution in [0.3, 0.4) is 0 Å². The first-order chi connectivity index (χ1) is 8.11. The van der Waals surface area contributed by atoms with Crippen molar-refractivity contribution < 1.29 is 18.6 Å². The fourth-order valence-electron chi connectivity index (χ4n) is 2.15. The van der Waals surface area contributed by atoms with E-state index in [-0.39, 0.29) is 6.16 Å². The maximum absolute atomic E-state index is 11.4. The molecular weight excluding hydrogens is 241 g/mol. The Bertz CT molecular complexity index is 266. The average molecular weight is 262 g/mol. The van der Waals surface area contributed by atoms with Crippen molar-refractivity contribution in [2.24, 2.45) is 11.7 Å². The highest BCUT2D eigenvalue weighted by Gasteiger charge is 2.28. The number of carbonyl (C=O) groups excluding carboxylic acids is 1. The number of methoxy groups -OCH3 is 1. The lowest BCUT2D eigenvalue weighted by Crippen LogP contribution is -2.26. The SMILES string of the molecule is COC(=O)C[P+](=O)OC(N)CC1CCCCC1. The van der Waals surface area contributed by atoms with E-state index in [9.17, 15) is 9.36 Å². The van der Waals surface area contributed by atoms with E-state index in [1.165, 1.54) is 39.2 Å². The predicted octanol–water partition coefficient (Wildman–Crippen LogP) is 2.17. The van der Waals surface area contributed by atoms with Crippen molar-refractivity contribution in [3.63, 3.8) is 0 Å². The maximum Gasteiger partial charge on any atom is 0.521 e. The molecule has 0 saturated heterocycles. The lowest BCUT2D eigenvalue weighted by Gasteiger charge is -2.22. The van der Waals surface area contributed by atoms with Crippen molar-refractivity contribution in [1.29, 1.82) is 0 Å². The summed E-state index contributed by atoms with van der Waals surface area (Å²) in [6.45, 7) is 0. The summed E-state index contributed by atoms with van der Waals surface area (Å²) < 4.78 is 20.9. The van der Waals surface area contributed by atoms with Crippen molar-refractivity contribution in [3.8, 4) is 0 Å². The molecule has 1 aliphatic carbocycles. The average Bonchev–Trinajstić information content (AvgIpc) is 2.29. The van der Waals surface area contributed by atoms with Gasteiger partial charge in [0.2, 0.25) is 0 Å². The minimum Gasteiger partial charge on any atom is -0.466 e. The summed E-state index contributed by atoms with van der Waals surface area (Å²) in [7, 11) is -0.784. The Morgan fingerprint density at radius 1 is 1.41 bits per heavy atom. The molecule has 0 bridgehead atoms. The summed E-state index contributed by atoms with van der Waals surface area (Å²) in [4.78, 5) is 10.9. The Hall–Kier alpha value is -0.510. The molecule has 2 N–H and O–H groups in total. The van der Waals surface area contributed by atoms with Gasteiger partial charge in [0, 0.05) is 0 Å². The third-order valence-electron chi connectivity index (χ3n) is 3.03. The van der Waals surface area contributed by atoms with Crippen LogP contribution in [-0.2, 0) is 18.6 Å². The van der Waals surface area contributed by atoms with Crippen LogP contribution in [0.4, 0.5) is 0 Å². The van der Waals surface area contributed by atoms with Gasteiger partial charge >= 0.3 is 14.0 Å². The molecule has 98 valence electrons. The Morgan fingerprint density at radius 3 is 2.65 bits per heavy atom. The van der Waals surface area contributed by atoms with Crippen molar-refractivity contribution in [3.05, 3.63) is 0 Å². The molecule has 0 spiro atoms. The van der Waals surface area contributed by atoms with E-state index in [1.54, 1.807) is 0 Å². The second kappa shape index (κ2) is 7.75. The third-order valence-corrected chi connectivity index (χ3v) is 4.05. The van der Waals surface area contributed by atoms with Gasteiger partial charge in [-0.1, -0.05) is 32.1 Å². The van der Waals surface area contributed by atoms with Crippen LogP contribution >= 0.6 is 8.03 Å². The topological polar surface area (TPSA) is 78.6 Å². The van der Waals surface area contributed by atoms with Gasteiger partial charge in [-0.15, -0.1) is 4.52 Å². The van der Waals surface area contributed by atoms with Crippen LogP contribution in [0.1, 0.15) is 38.5 Å². The van der Waals surface area contributed by atoms with Crippen LogP contribution in [-0.4, -0.2) is 25.5 Å². The van der Waals surface area contributed by atoms with Gasteiger partial charge < -0.3 is 10.5 Å². The summed E-state index contributed by atoms with van der Waals surface area (Å²) in [6, 6.07) is 0. The molecule has 0 aliphatic heterocycles. The van der Waals surface area contributed by atoms with E-state index in [1.807, 2.05) is 0 Å². The van der Waals surface area contributed by atoms with E-state index in [0.717, 1.165) is 6.42 Å². The zero-order valence-electron chi connectivity index (χ0n) is 10.3. The lowest BCUT2D eigenvalue weighted by atomic mass is 9.87. The summed E-state index contributed by atoms with van der Waals surface area (Å²) >= 11 is 0. The van der Waals surface area contributed by atoms with Crippen LogP contribution < -0.4 is 5.73 Å². The molecule has 2 atom stereocenters. The molecule has 6 heteroatoms. The van der Waals surface area contributed by atoms with Gasteiger partial charge in [-0.05, 0) is 16.9 Å². The molecular formula is C11H21NO4P+. The van der Waals surface area contributed by atoms with Gasteiger partial charge in [0.15, 0.2) is 6.23 Å². The molecule has 0 radical (unpaired) electrons. The van der Waals surface area contributed by atoms with Gasteiger partial charge in [-0.3, -0.25) is 0 Å². The fourth-order valence-corrected chi connectivity index (χ4v) is 2.96. The van der Waals surface area contributed by atoms with Crippen LogP contribution in [0.5, 0.6) is 0 Å². The first kappa shape index (κ1) is 14.6. The normalized spacial score (nSPS) is 19.8. The molecule has 0 aromatic carbocycles. The predicted molar refractivity (Wildman–Crippen MR) is 64.7 cm³/mol. The van der Waals surface area contributed by atoms with Gasteiger partial charge in [-0.25, -0.2) is 4.79 Å². The molecule has 1 fully saturated rings. The summed E-state index contributed by atoms with van der Waals surface area (Å²) in [5.41, 5.74) is 5.76. The molecule has 17 heavy (non-hydrogen) atoms. The number of nitrogens with two attached hydrogens (primary N) is 1. The van der Waals surface area contributed by atoms with Crippen LogP contribution in [0.2, 0.25) is 0 Å². The van der Waals surface area contributed by atoms with Crippen LogP contribution in [0, 0.1) is 5.92 Å². The second-order valence-electron chi connectivity index (χ2n) is 4.45.